The van der Waals surface area contributed by atoms with Crippen LogP contribution in [0.3, 0.4) is 0 Å². The van der Waals surface area contributed by atoms with Gasteiger partial charge in [-0.2, -0.15) is 0 Å². The van der Waals surface area contributed by atoms with Crippen LogP contribution in [0.2, 0.25) is 0 Å². The summed E-state index contributed by atoms with van der Waals surface area (Å²) in [5, 5.41) is 8.30. The summed E-state index contributed by atoms with van der Waals surface area (Å²) in [6, 6.07) is 6.76. The number of morpholine rings is 1. The van der Waals surface area contributed by atoms with Crippen LogP contribution in [0.5, 0.6) is 0 Å². The van der Waals surface area contributed by atoms with Gasteiger partial charge in [0.05, 0.1) is 13.2 Å². The molecule has 1 saturated heterocycles. The molecule has 1 aliphatic heterocycles. The van der Waals surface area contributed by atoms with E-state index in [9.17, 15) is 9.59 Å². The molecule has 3 amide bonds. The molecular formula is C18H28N4O3. The van der Waals surface area contributed by atoms with Crippen LogP contribution < -0.4 is 20.9 Å². The Bertz CT molecular complexity index is 587. The van der Waals surface area contributed by atoms with Crippen molar-refractivity contribution in [2.45, 2.75) is 39.3 Å². The van der Waals surface area contributed by atoms with E-state index in [-0.39, 0.29) is 11.9 Å². The molecule has 0 aromatic heterocycles. The monoisotopic (exact) mass is 348 g/mol. The number of nitrogens with zero attached hydrogens (tertiary/aromatic N) is 1. The van der Waals surface area contributed by atoms with Crippen LogP contribution in [-0.4, -0.2) is 50.3 Å². The molecule has 7 heteroatoms. The Morgan fingerprint density at radius 1 is 1.20 bits per heavy atom. The third-order valence-corrected chi connectivity index (χ3v) is 4.22. The molecule has 1 aromatic carbocycles. The first-order chi connectivity index (χ1) is 12.0. The van der Waals surface area contributed by atoms with Crippen molar-refractivity contribution in [3.8, 4) is 0 Å². The average molecular weight is 348 g/mol. The van der Waals surface area contributed by atoms with Crippen LogP contribution in [-0.2, 0) is 9.53 Å². The highest BCUT2D eigenvalue weighted by atomic mass is 16.5. The first kappa shape index (κ1) is 19.1. The lowest BCUT2D eigenvalue weighted by atomic mass is 10.2. The van der Waals surface area contributed by atoms with E-state index in [1.54, 1.807) is 6.92 Å². The SMILES string of the molecule is CC[C@H](C)NC(=O)[C@@H](C)NC(=O)Nc1cccc(N2CCOCC2)c1. The maximum atomic E-state index is 12.1. The van der Waals surface area contributed by atoms with E-state index in [0.717, 1.165) is 25.2 Å². The van der Waals surface area contributed by atoms with Gasteiger partial charge in [-0.1, -0.05) is 13.0 Å². The predicted octanol–water partition coefficient (Wildman–Crippen LogP) is 1.95. The van der Waals surface area contributed by atoms with Crippen LogP contribution >= 0.6 is 0 Å². The minimum Gasteiger partial charge on any atom is -0.378 e. The van der Waals surface area contributed by atoms with Crippen LogP contribution in [0, 0.1) is 0 Å². The Kier molecular flexibility index (Phi) is 7.06. The molecule has 2 atom stereocenters. The van der Waals surface area contributed by atoms with Gasteiger partial charge in [0.15, 0.2) is 0 Å². The van der Waals surface area contributed by atoms with E-state index in [1.807, 2.05) is 38.1 Å². The number of hydrogen-bond donors (Lipinski definition) is 3. The van der Waals surface area contributed by atoms with Gasteiger partial charge in [0.1, 0.15) is 6.04 Å². The highest BCUT2D eigenvalue weighted by molar-refractivity contribution is 5.93. The minimum absolute atomic E-state index is 0.0880. The predicted molar refractivity (Wildman–Crippen MR) is 99.0 cm³/mol. The number of hydrogen-bond acceptors (Lipinski definition) is 4. The number of amides is 3. The van der Waals surface area contributed by atoms with E-state index in [2.05, 4.69) is 20.9 Å². The molecule has 25 heavy (non-hydrogen) atoms. The van der Waals surface area contributed by atoms with Gasteiger partial charge in [-0.25, -0.2) is 4.79 Å². The second-order valence-electron chi connectivity index (χ2n) is 6.29. The summed E-state index contributed by atoms with van der Waals surface area (Å²) in [7, 11) is 0. The number of benzene rings is 1. The summed E-state index contributed by atoms with van der Waals surface area (Å²) in [4.78, 5) is 26.3. The third kappa shape index (κ3) is 5.94. The highest BCUT2D eigenvalue weighted by Crippen LogP contribution is 2.20. The smallest absolute Gasteiger partial charge is 0.319 e. The van der Waals surface area contributed by atoms with E-state index < -0.39 is 12.1 Å². The van der Waals surface area contributed by atoms with Gasteiger partial charge < -0.3 is 25.6 Å². The van der Waals surface area contributed by atoms with Crippen molar-refractivity contribution in [2.75, 3.05) is 36.5 Å². The summed E-state index contributed by atoms with van der Waals surface area (Å²) >= 11 is 0. The van der Waals surface area contributed by atoms with Gasteiger partial charge in [0.25, 0.3) is 0 Å². The number of urea groups is 1. The number of rotatable bonds is 6. The number of nitrogens with one attached hydrogen (secondary N) is 3. The molecule has 1 heterocycles. The molecule has 0 radical (unpaired) electrons. The highest BCUT2D eigenvalue weighted by Gasteiger charge is 2.17. The van der Waals surface area contributed by atoms with E-state index in [0.29, 0.717) is 18.9 Å². The van der Waals surface area contributed by atoms with Crippen molar-refractivity contribution in [2.24, 2.45) is 0 Å². The second kappa shape index (κ2) is 9.27. The Morgan fingerprint density at radius 2 is 1.92 bits per heavy atom. The van der Waals surface area contributed by atoms with Gasteiger partial charge in [-0.15, -0.1) is 0 Å². The molecule has 138 valence electrons. The lowest BCUT2D eigenvalue weighted by Gasteiger charge is -2.29. The molecule has 0 unspecified atom stereocenters. The van der Waals surface area contributed by atoms with Crippen LogP contribution in [0.1, 0.15) is 27.2 Å². The maximum Gasteiger partial charge on any atom is 0.319 e. The van der Waals surface area contributed by atoms with Crippen molar-refractivity contribution in [3.05, 3.63) is 24.3 Å². The zero-order chi connectivity index (χ0) is 18.2. The molecule has 1 aliphatic rings. The fraction of sp³-hybridized carbons (Fsp3) is 0.556. The minimum atomic E-state index is -0.601. The zero-order valence-corrected chi connectivity index (χ0v) is 15.2. The van der Waals surface area contributed by atoms with E-state index in [1.165, 1.54) is 0 Å². The van der Waals surface area contributed by atoms with E-state index >= 15 is 0 Å². The van der Waals surface area contributed by atoms with Gasteiger partial charge in [-0.05, 0) is 38.5 Å². The number of ether oxygens (including phenoxy) is 1. The average Bonchev–Trinajstić information content (AvgIpc) is 2.62. The van der Waals surface area contributed by atoms with Crippen molar-refractivity contribution >= 4 is 23.3 Å². The molecule has 0 spiro atoms. The summed E-state index contributed by atoms with van der Waals surface area (Å²) < 4.78 is 5.36. The Balaban J connectivity index is 1.88. The Morgan fingerprint density at radius 3 is 2.60 bits per heavy atom. The summed E-state index contributed by atoms with van der Waals surface area (Å²) in [5.74, 6) is -0.188. The quantitative estimate of drug-likeness (QED) is 0.734. The van der Waals surface area contributed by atoms with Crippen molar-refractivity contribution in [1.29, 1.82) is 0 Å². The molecule has 0 saturated carbocycles. The molecule has 1 aromatic rings. The largest absolute Gasteiger partial charge is 0.378 e. The molecular weight excluding hydrogens is 320 g/mol. The van der Waals surface area contributed by atoms with Crippen LogP contribution in [0.4, 0.5) is 16.2 Å². The van der Waals surface area contributed by atoms with Gasteiger partial charge in [-0.3, -0.25) is 4.79 Å². The third-order valence-electron chi connectivity index (χ3n) is 4.22. The summed E-state index contributed by atoms with van der Waals surface area (Å²) in [6.45, 7) is 8.69. The Labute approximate surface area is 149 Å². The number of anilines is 2. The van der Waals surface area contributed by atoms with Crippen molar-refractivity contribution < 1.29 is 14.3 Å². The molecule has 3 N–H and O–H groups in total. The first-order valence-electron chi connectivity index (χ1n) is 8.80. The molecule has 0 aliphatic carbocycles. The lowest BCUT2D eigenvalue weighted by Crippen LogP contribution is -2.48. The van der Waals surface area contributed by atoms with Gasteiger partial charge in [0, 0.05) is 30.5 Å². The normalized spacial score (nSPS) is 16.7. The topological polar surface area (TPSA) is 82.7 Å². The molecule has 0 bridgehead atoms. The molecule has 2 rings (SSSR count). The van der Waals surface area contributed by atoms with Crippen molar-refractivity contribution in [3.63, 3.8) is 0 Å². The van der Waals surface area contributed by atoms with Crippen LogP contribution in [0.25, 0.3) is 0 Å². The van der Waals surface area contributed by atoms with Crippen molar-refractivity contribution in [1.82, 2.24) is 10.6 Å². The Hall–Kier alpha value is -2.28. The zero-order valence-electron chi connectivity index (χ0n) is 15.2. The first-order valence-corrected chi connectivity index (χ1v) is 8.80. The molecule has 7 nitrogen and oxygen atoms in total. The van der Waals surface area contributed by atoms with E-state index in [4.69, 9.17) is 4.74 Å². The van der Waals surface area contributed by atoms with Gasteiger partial charge in [0.2, 0.25) is 5.91 Å². The standard InChI is InChI=1S/C18H28N4O3/c1-4-13(2)19-17(23)14(3)20-18(24)21-15-6-5-7-16(12-15)22-8-10-25-11-9-22/h5-7,12-14H,4,8-11H2,1-3H3,(H,19,23)(H2,20,21,24)/t13-,14+/m0/s1. The fourth-order valence-corrected chi connectivity index (χ4v) is 2.50. The second-order valence-corrected chi connectivity index (χ2v) is 6.29. The van der Waals surface area contributed by atoms with Crippen LogP contribution in [0.15, 0.2) is 24.3 Å². The number of carbonyl (C=O) groups excluding carboxylic acids is 2. The fourth-order valence-electron chi connectivity index (χ4n) is 2.50. The molecule has 1 fully saturated rings. The summed E-state index contributed by atoms with van der Waals surface area (Å²) in [5.41, 5.74) is 1.74. The lowest BCUT2D eigenvalue weighted by molar-refractivity contribution is -0.123. The number of carbonyl (C=O) groups is 2. The van der Waals surface area contributed by atoms with Gasteiger partial charge >= 0.3 is 6.03 Å². The maximum absolute atomic E-state index is 12.1. The summed E-state index contributed by atoms with van der Waals surface area (Å²) in [6.07, 6.45) is 0.846.